The Morgan fingerprint density at radius 3 is 1.33 bits per heavy atom. The largest absolute Gasteiger partial charge is 0.309 e. The highest BCUT2D eigenvalue weighted by Gasteiger charge is 2.20. The number of pyridine rings is 1. The molecule has 0 spiro atoms. The summed E-state index contributed by atoms with van der Waals surface area (Å²) in [6.07, 6.45) is 0. The van der Waals surface area contributed by atoms with E-state index in [-0.39, 0.29) is 0 Å². The summed E-state index contributed by atoms with van der Waals surface area (Å²) in [4.78, 5) is 20.8. The number of aromatic nitrogens is 5. The van der Waals surface area contributed by atoms with Crippen LogP contribution in [-0.2, 0) is 0 Å². The molecule has 0 saturated heterocycles. The summed E-state index contributed by atoms with van der Waals surface area (Å²) in [5.41, 5.74) is 14.2. The van der Waals surface area contributed by atoms with E-state index in [2.05, 4.69) is 180 Å². The zero-order valence-electron chi connectivity index (χ0n) is 33.1. The molecule has 5 nitrogen and oxygen atoms in total. The molecule has 8 aromatic carbocycles. The number of hydrogen-bond donors (Lipinski definition) is 0. The van der Waals surface area contributed by atoms with E-state index in [1.165, 1.54) is 10.8 Å². The maximum atomic E-state index is 5.27. The van der Waals surface area contributed by atoms with Crippen molar-refractivity contribution < 1.29 is 0 Å². The van der Waals surface area contributed by atoms with E-state index >= 15 is 0 Å². The molecule has 11 aromatic rings. The zero-order chi connectivity index (χ0) is 40.5. The molecule has 0 aliphatic carbocycles. The molecule has 0 saturated carbocycles. The highest BCUT2D eigenvalue weighted by molar-refractivity contribution is 6.10. The number of nitrogens with zero attached hydrogens (tertiary/aromatic N) is 5. The van der Waals surface area contributed by atoms with Crippen molar-refractivity contribution in [2.75, 3.05) is 0 Å². The highest BCUT2D eigenvalue weighted by Crippen LogP contribution is 2.40. The third kappa shape index (κ3) is 6.84. The third-order valence-electron chi connectivity index (χ3n) is 11.3. The molecule has 61 heavy (non-hydrogen) atoms. The molecule has 3 aromatic heterocycles. The molecule has 0 radical (unpaired) electrons. The number of hydrogen-bond acceptors (Lipinski definition) is 4. The van der Waals surface area contributed by atoms with Crippen LogP contribution in [0.25, 0.3) is 106 Å². The molecular formula is C56H37N5. The number of para-hydroxylation sites is 2. The summed E-state index contributed by atoms with van der Waals surface area (Å²) >= 11 is 0. The summed E-state index contributed by atoms with van der Waals surface area (Å²) in [5.74, 6) is 1.82. The van der Waals surface area contributed by atoms with Crippen LogP contribution >= 0.6 is 0 Å². The van der Waals surface area contributed by atoms with E-state index < -0.39 is 0 Å². The molecule has 0 N–H and O–H groups in total. The van der Waals surface area contributed by atoms with Gasteiger partial charge in [-0.2, -0.15) is 0 Å². The van der Waals surface area contributed by atoms with Crippen LogP contribution in [-0.4, -0.2) is 24.5 Å². The number of fused-ring (bicyclic) bond motifs is 3. The zero-order valence-corrected chi connectivity index (χ0v) is 33.1. The first kappa shape index (κ1) is 35.8. The Morgan fingerprint density at radius 2 is 0.738 bits per heavy atom. The van der Waals surface area contributed by atoms with Gasteiger partial charge >= 0.3 is 0 Å². The maximum Gasteiger partial charge on any atom is 0.164 e. The Kier molecular flexibility index (Phi) is 9.10. The predicted molar refractivity (Wildman–Crippen MR) is 250 cm³/mol. The van der Waals surface area contributed by atoms with Crippen LogP contribution in [0, 0.1) is 0 Å². The Bertz CT molecular complexity index is 3210. The monoisotopic (exact) mass is 779 g/mol. The first-order chi connectivity index (χ1) is 30.2. The maximum absolute atomic E-state index is 5.27. The van der Waals surface area contributed by atoms with Crippen molar-refractivity contribution in [1.29, 1.82) is 0 Å². The smallest absolute Gasteiger partial charge is 0.164 e. The van der Waals surface area contributed by atoms with Crippen LogP contribution in [0.5, 0.6) is 0 Å². The lowest BCUT2D eigenvalue weighted by atomic mass is 9.92. The summed E-state index contributed by atoms with van der Waals surface area (Å²) in [5, 5.41) is 2.40. The van der Waals surface area contributed by atoms with Gasteiger partial charge in [0.1, 0.15) is 0 Å². The van der Waals surface area contributed by atoms with E-state index in [9.17, 15) is 0 Å². The van der Waals surface area contributed by atoms with Gasteiger partial charge in [0.25, 0.3) is 0 Å². The Morgan fingerprint density at radius 1 is 0.262 bits per heavy atom. The molecule has 0 aliphatic heterocycles. The molecule has 0 amide bonds. The normalized spacial score (nSPS) is 11.3. The van der Waals surface area contributed by atoms with Crippen LogP contribution in [0.15, 0.2) is 224 Å². The van der Waals surface area contributed by atoms with Crippen LogP contribution in [0.3, 0.4) is 0 Å². The Hall–Kier alpha value is -8.28. The van der Waals surface area contributed by atoms with E-state index in [0.29, 0.717) is 17.5 Å². The average Bonchev–Trinajstić information content (AvgIpc) is 3.68. The SMILES string of the molecule is c1ccc(-c2cc(-c3ccc(-c4ccc5c6ccccc6n(-c6ccccc6)c5c4)c(-c4nc(-c5ccccc5)nc(-c5ccccc5)n4)c3)cc(-c3ccccc3)n2)cc1. The second-order valence-electron chi connectivity index (χ2n) is 15.1. The lowest BCUT2D eigenvalue weighted by molar-refractivity contribution is 1.07. The van der Waals surface area contributed by atoms with E-state index in [4.69, 9.17) is 19.9 Å². The molecule has 11 rings (SSSR count). The van der Waals surface area contributed by atoms with Gasteiger partial charge in [0.2, 0.25) is 0 Å². The molecule has 0 aliphatic rings. The fourth-order valence-corrected chi connectivity index (χ4v) is 8.29. The van der Waals surface area contributed by atoms with Crippen molar-refractivity contribution in [1.82, 2.24) is 24.5 Å². The highest BCUT2D eigenvalue weighted by atomic mass is 15.0. The second-order valence-corrected chi connectivity index (χ2v) is 15.1. The Balaban J connectivity index is 1.18. The summed E-state index contributed by atoms with van der Waals surface area (Å²) in [6.45, 7) is 0. The van der Waals surface area contributed by atoms with Crippen molar-refractivity contribution in [3.63, 3.8) is 0 Å². The molecule has 5 heteroatoms. The fraction of sp³-hybridized carbons (Fsp3) is 0. The minimum Gasteiger partial charge on any atom is -0.309 e. The van der Waals surface area contributed by atoms with Crippen LogP contribution in [0.4, 0.5) is 0 Å². The third-order valence-corrected chi connectivity index (χ3v) is 11.3. The van der Waals surface area contributed by atoms with Gasteiger partial charge in [-0.25, -0.2) is 19.9 Å². The predicted octanol–water partition coefficient (Wildman–Crippen LogP) is 14.0. The second kappa shape index (κ2) is 15.5. The lowest BCUT2D eigenvalue weighted by Gasteiger charge is -2.16. The Labute approximate surface area is 354 Å². The minimum absolute atomic E-state index is 0.592. The van der Waals surface area contributed by atoms with Crippen molar-refractivity contribution in [3.8, 4) is 84.6 Å². The molecule has 286 valence electrons. The van der Waals surface area contributed by atoms with E-state index in [1.54, 1.807) is 0 Å². The topological polar surface area (TPSA) is 56.5 Å². The fourth-order valence-electron chi connectivity index (χ4n) is 8.29. The van der Waals surface area contributed by atoms with Crippen molar-refractivity contribution in [2.24, 2.45) is 0 Å². The number of rotatable bonds is 8. The van der Waals surface area contributed by atoms with Crippen molar-refractivity contribution in [2.45, 2.75) is 0 Å². The van der Waals surface area contributed by atoms with E-state index in [1.807, 2.05) is 48.5 Å². The van der Waals surface area contributed by atoms with Crippen molar-refractivity contribution >= 4 is 21.8 Å². The first-order valence-corrected chi connectivity index (χ1v) is 20.5. The van der Waals surface area contributed by atoms with Crippen LogP contribution in [0.2, 0.25) is 0 Å². The van der Waals surface area contributed by atoms with Crippen LogP contribution in [0.1, 0.15) is 0 Å². The summed E-state index contributed by atoms with van der Waals surface area (Å²) in [6, 6.07) is 78.1. The molecule has 3 heterocycles. The molecule has 0 atom stereocenters. The van der Waals surface area contributed by atoms with Gasteiger partial charge in [-0.1, -0.05) is 182 Å². The quantitative estimate of drug-likeness (QED) is 0.154. The van der Waals surface area contributed by atoms with Gasteiger partial charge in [-0.05, 0) is 64.7 Å². The van der Waals surface area contributed by atoms with Gasteiger partial charge in [0.15, 0.2) is 17.5 Å². The molecular weight excluding hydrogens is 743 g/mol. The minimum atomic E-state index is 0.592. The lowest BCUT2D eigenvalue weighted by Crippen LogP contribution is -2.01. The molecule has 0 fully saturated rings. The number of benzene rings is 8. The summed E-state index contributed by atoms with van der Waals surface area (Å²) in [7, 11) is 0. The molecule has 0 bridgehead atoms. The van der Waals surface area contributed by atoms with Gasteiger partial charge in [-0.3, -0.25) is 0 Å². The van der Waals surface area contributed by atoms with Gasteiger partial charge in [0, 0.05) is 44.3 Å². The van der Waals surface area contributed by atoms with Gasteiger partial charge in [-0.15, -0.1) is 0 Å². The van der Waals surface area contributed by atoms with E-state index in [0.717, 1.165) is 78.2 Å². The standard InChI is InChI=1S/C56H37N5/c1-6-18-38(19-7-1)50-35-44(36-51(57-50)39-20-8-2-9-21-39)42-30-32-46(43-31-33-48-47-28-16-17-29-52(47)61(53(48)37-43)45-26-14-5-15-27-45)49(34-42)56-59-54(40-22-10-3-11-23-40)58-55(60-56)41-24-12-4-13-25-41/h1-37H. The average molecular weight is 780 g/mol. The first-order valence-electron chi connectivity index (χ1n) is 20.5. The van der Waals surface area contributed by atoms with Crippen LogP contribution < -0.4 is 0 Å². The van der Waals surface area contributed by atoms with Gasteiger partial charge in [0.05, 0.1) is 22.4 Å². The van der Waals surface area contributed by atoms with Gasteiger partial charge < -0.3 is 4.57 Å². The molecule has 0 unspecified atom stereocenters. The summed E-state index contributed by atoms with van der Waals surface area (Å²) < 4.78 is 2.36. The van der Waals surface area contributed by atoms with Crippen molar-refractivity contribution in [3.05, 3.63) is 224 Å².